The smallest absolute Gasteiger partial charge is 0.387 e. The van der Waals surface area contributed by atoms with Crippen molar-refractivity contribution in [2.75, 3.05) is 13.2 Å². The molecule has 1 saturated heterocycles. The van der Waals surface area contributed by atoms with Crippen LogP contribution in [0.4, 0.5) is 8.78 Å². The lowest BCUT2D eigenvalue weighted by atomic mass is 10.2. The average molecular weight is 403 g/mol. The van der Waals surface area contributed by atoms with Gasteiger partial charge in [-0.25, -0.2) is 0 Å². The van der Waals surface area contributed by atoms with E-state index in [-0.39, 0.29) is 35.4 Å². The quantitative estimate of drug-likeness (QED) is 0.527. The summed E-state index contributed by atoms with van der Waals surface area (Å²) < 4.78 is 34.8. The van der Waals surface area contributed by atoms with E-state index >= 15 is 0 Å². The van der Waals surface area contributed by atoms with Crippen LogP contribution in [0.5, 0.6) is 11.5 Å². The minimum atomic E-state index is -2.98. The van der Waals surface area contributed by atoms with Crippen LogP contribution >= 0.6 is 24.0 Å². The molecule has 1 aliphatic rings. The van der Waals surface area contributed by atoms with E-state index in [9.17, 15) is 18.4 Å². The highest BCUT2D eigenvalue weighted by molar-refractivity contribution is 8.26. The third kappa shape index (κ3) is 5.15. The molecule has 1 amide bonds. The lowest BCUT2D eigenvalue weighted by molar-refractivity contribution is -0.137. The largest absolute Gasteiger partial charge is 0.490 e. The van der Waals surface area contributed by atoms with Crippen molar-refractivity contribution in [2.24, 2.45) is 0 Å². The maximum absolute atomic E-state index is 12.4. The Morgan fingerprint density at radius 1 is 1.42 bits per heavy atom. The van der Waals surface area contributed by atoms with Crippen LogP contribution in [0, 0.1) is 0 Å². The van der Waals surface area contributed by atoms with Gasteiger partial charge in [-0.1, -0.05) is 30.0 Å². The number of carbonyl (C=O) groups is 2. The summed E-state index contributed by atoms with van der Waals surface area (Å²) in [6.45, 7) is -1.04. The summed E-state index contributed by atoms with van der Waals surface area (Å²) in [6, 6.07) is 4.31. The molecule has 140 valence electrons. The van der Waals surface area contributed by atoms with E-state index < -0.39 is 18.5 Å². The van der Waals surface area contributed by atoms with Gasteiger partial charge in [-0.05, 0) is 30.7 Å². The molecule has 1 N–H and O–H groups in total. The van der Waals surface area contributed by atoms with E-state index in [1.165, 1.54) is 29.2 Å². The molecule has 0 aliphatic carbocycles. The molecule has 1 aromatic carbocycles. The number of ether oxygens (including phenoxy) is 2. The highest BCUT2D eigenvalue weighted by Gasteiger charge is 2.32. The number of hydrogen-bond donors (Lipinski definition) is 1. The molecule has 0 saturated carbocycles. The fourth-order valence-electron chi connectivity index (χ4n) is 2.13. The van der Waals surface area contributed by atoms with Gasteiger partial charge in [0.1, 0.15) is 4.32 Å². The first-order valence-corrected chi connectivity index (χ1v) is 8.73. The van der Waals surface area contributed by atoms with E-state index in [1.54, 1.807) is 6.92 Å². The SMILES string of the molecule is CCOc1cc(/C=C2\SC(=S)N(CCC(=O)O)C2=O)ccc1OC(F)F. The molecule has 1 aliphatic heterocycles. The van der Waals surface area contributed by atoms with Gasteiger partial charge in [-0.15, -0.1) is 0 Å². The van der Waals surface area contributed by atoms with E-state index in [0.29, 0.717) is 10.5 Å². The number of aliphatic carboxylic acids is 1. The van der Waals surface area contributed by atoms with Crippen molar-refractivity contribution in [2.45, 2.75) is 20.0 Å². The van der Waals surface area contributed by atoms with Gasteiger partial charge in [-0.2, -0.15) is 8.78 Å². The number of hydrogen-bond acceptors (Lipinski definition) is 6. The first-order chi connectivity index (χ1) is 12.3. The number of nitrogens with zero attached hydrogens (tertiary/aromatic N) is 1. The monoisotopic (exact) mass is 403 g/mol. The summed E-state index contributed by atoms with van der Waals surface area (Å²) in [6.07, 6.45) is 1.32. The van der Waals surface area contributed by atoms with Crippen molar-refractivity contribution < 1.29 is 33.0 Å². The van der Waals surface area contributed by atoms with Gasteiger partial charge < -0.3 is 14.6 Å². The molecule has 2 rings (SSSR count). The molecule has 26 heavy (non-hydrogen) atoms. The Balaban J connectivity index is 2.23. The Hall–Kier alpha value is -2.20. The molecule has 1 aromatic rings. The number of carboxylic acids is 1. The van der Waals surface area contributed by atoms with Crippen molar-refractivity contribution in [3.63, 3.8) is 0 Å². The minimum absolute atomic E-state index is 0.0112. The maximum atomic E-state index is 12.4. The second kappa shape index (κ2) is 8.95. The zero-order valence-electron chi connectivity index (χ0n) is 13.6. The van der Waals surface area contributed by atoms with Crippen LogP contribution in [0.3, 0.4) is 0 Å². The van der Waals surface area contributed by atoms with E-state index in [0.717, 1.165) is 11.8 Å². The third-order valence-electron chi connectivity index (χ3n) is 3.20. The van der Waals surface area contributed by atoms with E-state index in [4.69, 9.17) is 22.1 Å². The predicted octanol–water partition coefficient (Wildman–Crippen LogP) is 3.36. The first kappa shape index (κ1) is 20.1. The van der Waals surface area contributed by atoms with Gasteiger partial charge in [0.05, 0.1) is 17.9 Å². The van der Waals surface area contributed by atoms with Crippen molar-refractivity contribution in [3.8, 4) is 11.5 Å². The van der Waals surface area contributed by atoms with Crippen LogP contribution in [-0.4, -0.2) is 46.0 Å². The van der Waals surface area contributed by atoms with E-state index in [1.807, 2.05) is 0 Å². The van der Waals surface area contributed by atoms with Crippen molar-refractivity contribution in [3.05, 3.63) is 28.7 Å². The zero-order chi connectivity index (χ0) is 19.3. The lowest BCUT2D eigenvalue weighted by Gasteiger charge is -2.12. The molecule has 0 unspecified atom stereocenters. The van der Waals surface area contributed by atoms with Gasteiger partial charge >= 0.3 is 12.6 Å². The van der Waals surface area contributed by atoms with Crippen LogP contribution in [0.25, 0.3) is 6.08 Å². The number of benzene rings is 1. The molecular formula is C16H15F2NO5S2. The molecule has 6 nitrogen and oxygen atoms in total. The fourth-order valence-corrected chi connectivity index (χ4v) is 3.44. The van der Waals surface area contributed by atoms with E-state index in [2.05, 4.69) is 4.74 Å². The second-order valence-corrected chi connectivity index (χ2v) is 6.67. The van der Waals surface area contributed by atoms with Gasteiger partial charge in [0.2, 0.25) is 0 Å². The maximum Gasteiger partial charge on any atom is 0.387 e. The summed E-state index contributed by atoms with van der Waals surface area (Å²) in [5, 5.41) is 8.74. The zero-order valence-corrected chi connectivity index (χ0v) is 15.2. The normalized spacial score (nSPS) is 15.8. The van der Waals surface area contributed by atoms with Crippen LogP contribution in [0.15, 0.2) is 23.1 Å². The number of thiocarbonyl (C=S) groups is 1. The Morgan fingerprint density at radius 3 is 2.77 bits per heavy atom. The molecule has 0 spiro atoms. The highest BCUT2D eigenvalue weighted by atomic mass is 32.2. The van der Waals surface area contributed by atoms with Crippen LogP contribution in [0.2, 0.25) is 0 Å². The summed E-state index contributed by atoms with van der Waals surface area (Å²) >= 11 is 6.15. The lowest BCUT2D eigenvalue weighted by Crippen LogP contribution is -2.30. The standard InChI is InChI=1S/C16H15F2NO5S2/c1-2-23-11-7-9(3-4-10(11)24-15(17)18)8-12-14(22)19(16(25)26-12)6-5-13(20)21/h3-4,7-8,15H,2,5-6H2,1H3,(H,20,21)/b12-8-. The number of rotatable bonds is 8. The van der Waals surface area contributed by atoms with Gasteiger partial charge in [0.25, 0.3) is 5.91 Å². The number of thioether (sulfide) groups is 1. The van der Waals surface area contributed by atoms with Crippen molar-refractivity contribution in [1.29, 1.82) is 0 Å². The Bertz CT molecular complexity index is 754. The molecular weight excluding hydrogens is 388 g/mol. The molecule has 1 heterocycles. The highest BCUT2D eigenvalue weighted by Crippen LogP contribution is 2.35. The molecule has 1 fully saturated rings. The van der Waals surface area contributed by atoms with Crippen molar-refractivity contribution in [1.82, 2.24) is 4.90 Å². The molecule has 0 radical (unpaired) electrons. The Labute approximate surface area is 157 Å². The average Bonchev–Trinajstić information content (AvgIpc) is 2.81. The number of amides is 1. The molecule has 0 bridgehead atoms. The Morgan fingerprint density at radius 2 is 2.15 bits per heavy atom. The number of carbonyl (C=O) groups excluding carboxylic acids is 1. The topological polar surface area (TPSA) is 76.1 Å². The second-order valence-electron chi connectivity index (χ2n) is 4.99. The van der Waals surface area contributed by atoms with Crippen LogP contribution in [-0.2, 0) is 9.59 Å². The number of carboxylic acid groups (broad SMARTS) is 1. The van der Waals surface area contributed by atoms with Crippen molar-refractivity contribution >= 4 is 46.3 Å². The Kier molecular flexibility index (Phi) is 6.92. The van der Waals surface area contributed by atoms with Gasteiger partial charge in [-0.3, -0.25) is 14.5 Å². The molecule has 10 heteroatoms. The summed E-state index contributed by atoms with van der Waals surface area (Å²) in [4.78, 5) is 24.6. The number of halogens is 2. The number of alkyl halides is 2. The molecule has 0 aromatic heterocycles. The fraction of sp³-hybridized carbons (Fsp3) is 0.312. The van der Waals surface area contributed by atoms with Crippen LogP contribution in [0.1, 0.15) is 18.9 Å². The summed E-state index contributed by atoms with van der Waals surface area (Å²) in [5.74, 6) is -1.40. The van der Waals surface area contributed by atoms with Gasteiger partial charge in [0, 0.05) is 6.54 Å². The van der Waals surface area contributed by atoms with Gasteiger partial charge in [0.15, 0.2) is 11.5 Å². The first-order valence-electron chi connectivity index (χ1n) is 7.50. The predicted molar refractivity (Wildman–Crippen MR) is 96.4 cm³/mol. The minimum Gasteiger partial charge on any atom is -0.490 e. The summed E-state index contributed by atoms with van der Waals surface area (Å²) in [7, 11) is 0. The van der Waals surface area contributed by atoms with Crippen LogP contribution < -0.4 is 9.47 Å². The summed E-state index contributed by atoms with van der Waals surface area (Å²) in [5.41, 5.74) is 0.536. The third-order valence-corrected chi connectivity index (χ3v) is 4.58. The molecule has 0 atom stereocenters.